The fourth-order valence-electron chi connectivity index (χ4n) is 4.91. The normalized spacial score (nSPS) is 15.6. The fraction of sp³-hybridized carbons (Fsp3) is 0.429. The second-order valence-electron chi connectivity index (χ2n) is 10.2. The smallest absolute Gasteiger partial charge is 0.229 e. The molecule has 0 amide bonds. The van der Waals surface area contributed by atoms with Crippen LogP contribution in [0.2, 0.25) is 5.02 Å². The van der Waals surface area contributed by atoms with Gasteiger partial charge in [-0.15, -0.1) is 0 Å². The molecule has 2 aromatic carbocycles. The summed E-state index contributed by atoms with van der Waals surface area (Å²) < 4.78 is 26.6. The molecule has 37 heavy (non-hydrogen) atoms. The molecule has 1 aliphatic rings. The van der Waals surface area contributed by atoms with E-state index in [0.717, 1.165) is 37.4 Å². The molecule has 4 N–H and O–H groups in total. The first-order valence-electron chi connectivity index (χ1n) is 13.0. The Morgan fingerprint density at radius 1 is 1.05 bits per heavy atom. The average molecular weight is 544 g/mol. The number of aryl methyl sites for hydroxylation is 2. The lowest BCUT2D eigenvalue weighted by Crippen LogP contribution is -2.12. The minimum atomic E-state index is -2.74. The summed E-state index contributed by atoms with van der Waals surface area (Å²) in [5, 5.41) is 7.12. The molecule has 0 spiro atoms. The molecule has 0 unspecified atom stereocenters. The van der Waals surface area contributed by atoms with Gasteiger partial charge in [-0.25, -0.2) is 9.37 Å². The zero-order valence-electron chi connectivity index (χ0n) is 21.6. The van der Waals surface area contributed by atoms with Gasteiger partial charge in [0, 0.05) is 11.0 Å². The Bertz CT molecular complexity index is 1280. The predicted molar refractivity (Wildman–Crippen MR) is 153 cm³/mol. The molecule has 1 atom stereocenters. The van der Waals surface area contributed by atoms with Crippen LogP contribution in [0.5, 0.6) is 0 Å². The number of unbranched alkanes of at least 4 members (excludes halogenated alkanes) is 2. The Morgan fingerprint density at radius 2 is 1.84 bits per heavy atom. The molecule has 0 fully saturated rings. The lowest BCUT2D eigenvalue weighted by molar-refractivity contribution is 0.411. The molecule has 198 valence electrons. The number of benzene rings is 2. The Kier molecular flexibility index (Phi) is 9.22. The molecule has 0 bridgehead atoms. The topological polar surface area (TPSA) is 92.9 Å². The third-order valence-electron chi connectivity index (χ3n) is 6.96. The number of hydrogen-bond acceptors (Lipinski definition) is 6. The van der Waals surface area contributed by atoms with Crippen LogP contribution in [0, 0.1) is 11.7 Å². The van der Waals surface area contributed by atoms with Crippen molar-refractivity contribution in [3.63, 3.8) is 0 Å². The van der Waals surface area contributed by atoms with E-state index in [-0.39, 0.29) is 0 Å². The highest BCUT2D eigenvalue weighted by Gasteiger charge is 2.19. The highest BCUT2D eigenvalue weighted by molar-refractivity contribution is 7.70. The van der Waals surface area contributed by atoms with Crippen LogP contribution in [-0.4, -0.2) is 29.8 Å². The Balaban J connectivity index is 1.46. The van der Waals surface area contributed by atoms with E-state index < -0.39 is 13.0 Å². The van der Waals surface area contributed by atoms with Gasteiger partial charge in [0.05, 0.1) is 11.9 Å². The number of fused-ring (bicyclic) bond motifs is 1. The summed E-state index contributed by atoms with van der Waals surface area (Å²) in [5.74, 6) is 1.07. The number of nitrogens with two attached hydrogens (primary N) is 1. The van der Waals surface area contributed by atoms with Crippen molar-refractivity contribution in [1.29, 1.82) is 0 Å². The van der Waals surface area contributed by atoms with Gasteiger partial charge in [0.15, 0.2) is 5.82 Å². The molecule has 0 saturated heterocycles. The van der Waals surface area contributed by atoms with E-state index >= 15 is 0 Å². The molecule has 6 nitrogen and oxygen atoms in total. The van der Waals surface area contributed by atoms with Gasteiger partial charge in [-0.3, -0.25) is 0 Å². The summed E-state index contributed by atoms with van der Waals surface area (Å²) in [6.45, 7) is 3.99. The van der Waals surface area contributed by atoms with E-state index in [1.165, 1.54) is 61.6 Å². The quantitative estimate of drug-likeness (QED) is 0.144. The molecule has 1 aromatic heterocycles. The predicted octanol–water partition coefficient (Wildman–Crippen LogP) is 7.02. The van der Waals surface area contributed by atoms with Gasteiger partial charge in [-0.2, -0.15) is 4.98 Å². The first-order valence-corrected chi connectivity index (χ1v) is 15.9. The number of anilines is 4. The van der Waals surface area contributed by atoms with Crippen molar-refractivity contribution in [3.8, 4) is 0 Å². The summed E-state index contributed by atoms with van der Waals surface area (Å²) in [4.78, 5) is 8.88. The standard InChI is InChI=1S/C28H36ClFN5OP/c1-37(2,36)26-17-22(30)12-14-25(26)34-27-24(29)18-32-28(35-27)33-23-13-11-20-9-7-19(6-4-3-5-15-31)8-10-21(20)16-23/h11-14,16-19H,3-10,15,31H2,1-2H3,(H2,32,33,34,35)/t19-/m0/s1. The zero-order chi connectivity index (χ0) is 26.4. The first-order chi connectivity index (χ1) is 17.7. The maximum absolute atomic E-state index is 13.8. The summed E-state index contributed by atoms with van der Waals surface area (Å²) in [6, 6.07) is 10.6. The number of nitrogens with zero attached hydrogens (tertiary/aromatic N) is 2. The van der Waals surface area contributed by atoms with Crippen LogP contribution in [0.1, 0.15) is 49.7 Å². The van der Waals surface area contributed by atoms with Crippen LogP contribution < -0.4 is 21.7 Å². The molecule has 4 rings (SSSR count). The number of hydrogen-bond donors (Lipinski definition) is 3. The molecule has 0 saturated carbocycles. The molecule has 0 radical (unpaired) electrons. The van der Waals surface area contributed by atoms with Crippen LogP contribution in [0.3, 0.4) is 0 Å². The SMILES string of the molecule is CP(C)(=O)c1cc(F)ccc1Nc1nc(Nc2ccc3c(c2)CC[C@@H](CCCCCN)CC3)ncc1Cl. The Labute approximate surface area is 224 Å². The average Bonchev–Trinajstić information content (AvgIpc) is 3.06. The summed E-state index contributed by atoms with van der Waals surface area (Å²) in [7, 11) is -2.74. The number of aromatic nitrogens is 2. The molecule has 9 heteroatoms. The first kappa shape index (κ1) is 27.6. The minimum absolute atomic E-state index is 0.308. The van der Waals surface area contributed by atoms with Gasteiger partial charge in [-0.05, 0) is 99.4 Å². The van der Waals surface area contributed by atoms with Crippen LogP contribution in [0.25, 0.3) is 0 Å². The highest BCUT2D eigenvalue weighted by Crippen LogP contribution is 2.39. The number of halogens is 2. The second-order valence-corrected chi connectivity index (χ2v) is 13.8. The van der Waals surface area contributed by atoms with E-state index in [9.17, 15) is 8.96 Å². The molecule has 1 aliphatic carbocycles. The van der Waals surface area contributed by atoms with E-state index in [1.54, 1.807) is 19.4 Å². The molecule has 0 aliphatic heterocycles. The third kappa shape index (κ3) is 7.53. The van der Waals surface area contributed by atoms with Crippen LogP contribution in [-0.2, 0) is 17.4 Å². The number of nitrogens with one attached hydrogen (secondary N) is 2. The van der Waals surface area contributed by atoms with E-state index in [0.29, 0.717) is 27.8 Å². The minimum Gasteiger partial charge on any atom is -0.338 e. The zero-order valence-corrected chi connectivity index (χ0v) is 23.2. The van der Waals surface area contributed by atoms with Gasteiger partial charge in [0.1, 0.15) is 18.0 Å². The highest BCUT2D eigenvalue weighted by atomic mass is 35.5. The van der Waals surface area contributed by atoms with Crippen molar-refractivity contribution < 1.29 is 8.96 Å². The van der Waals surface area contributed by atoms with Crippen molar-refractivity contribution in [3.05, 3.63) is 64.6 Å². The summed E-state index contributed by atoms with van der Waals surface area (Å²) in [5.41, 5.74) is 9.84. The molecule has 3 aromatic rings. The van der Waals surface area contributed by atoms with Crippen LogP contribution >= 0.6 is 18.7 Å². The van der Waals surface area contributed by atoms with Crippen molar-refractivity contribution in [2.45, 2.75) is 51.4 Å². The number of rotatable bonds is 10. The van der Waals surface area contributed by atoms with E-state index in [1.807, 2.05) is 0 Å². The summed E-state index contributed by atoms with van der Waals surface area (Å²) in [6.07, 6.45) is 11.0. The van der Waals surface area contributed by atoms with Crippen LogP contribution in [0.15, 0.2) is 42.6 Å². The summed E-state index contributed by atoms with van der Waals surface area (Å²) >= 11 is 6.36. The van der Waals surface area contributed by atoms with Gasteiger partial charge in [0.25, 0.3) is 0 Å². The lowest BCUT2D eigenvalue weighted by Gasteiger charge is -2.16. The largest absolute Gasteiger partial charge is 0.338 e. The Hall–Kier alpha value is -2.47. The van der Waals surface area contributed by atoms with Crippen molar-refractivity contribution >= 4 is 47.2 Å². The Morgan fingerprint density at radius 3 is 2.59 bits per heavy atom. The maximum atomic E-state index is 13.8. The van der Waals surface area contributed by atoms with Crippen LogP contribution in [0.4, 0.5) is 27.5 Å². The van der Waals surface area contributed by atoms with Gasteiger partial charge >= 0.3 is 0 Å². The third-order valence-corrected chi connectivity index (χ3v) is 8.77. The van der Waals surface area contributed by atoms with Crippen molar-refractivity contribution in [1.82, 2.24) is 9.97 Å². The van der Waals surface area contributed by atoms with Crippen molar-refractivity contribution in [2.24, 2.45) is 11.7 Å². The lowest BCUT2D eigenvalue weighted by atomic mass is 9.93. The maximum Gasteiger partial charge on any atom is 0.229 e. The monoisotopic (exact) mass is 543 g/mol. The van der Waals surface area contributed by atoms with Crippen molar-refractivity contribution in [2.75, 3.05) is 30.5 Å². The molecule has 1 heterocycles. The van der Waals surface area contributed by atoms with Gasteiger partial charge < -0.3 is 20.9 Å². The van der Waals surface area contributed by atoms with Gasteiger partial charge in [0.2, 0.25) is 5.95 Å². The van der Waals surface area contributed by atoms with Gasteiger partial charge in [-0.1, -0.05) is 36.9 Å². The fourth-order valence-corrected chi connectivity index (χ4v) is 6.20. The second kappa shape index (κ2) is 12.4. The van der Waals surface area contributed by atoms with E-state index in [2.05, 4.69) is 38.8 Å². The molecular formula is C28H36ClFN5OP. The van der Waals surface area contributed by atoms with E-state index in [4.69, 9.17) is 17.3 Å². The molecular weight excluding hydrogens is 508 g/mol.